The third-order valence-corrected chi connectivity index (χ3v) is 3.32. The van der Waals surface area contributed by atoms with Crippen molar-refractivity contribution in [2.24, 2.45) is 0 Å². The normalized spacial score (nSPS) is 15.1. The van der Waals surface area contributed by atoms with Crippen molar-refractivity contribution in [3.05, 3.63) is 16.8 Å². The Hall–Kier alpha value is -1.70. The van der Waals surface area contributed by atoms with Crippen LogP contribution in [0.4, 0.5) is 15.5 Å². The summed E-state index contributed by atoms with van der Waals surface area (Å²) < 4.78 is 10.7. The van der Waals surface area contributed by atoms with Gasteiger partial charge in [-0.3, -0.25) is 5.32 Å². The van der Waals surface area contributed by atoms with Crippen LogP contribution in [0.1, 0.15) is 6.92 Å². The van der Waals surface area contributed by atoms with Gasteiger partial charge in [0.25, 0.3) is 0 Å². The van der Waals surface area contributed by atoms with E-state index in [-0.39, 0.29) is 12.1 Å². The second kappa shape index (κ2) is 6.65. The maximum atomic E-state index is 12.0. The number of halogens is 1. The van der Waals surface area contributed by atoms with Gasteiger partial charge in [0, 0.05) is 32.2 Å². The number of nitrogens with one attached hydrogen (secondary N) is 1. The molecule has 1 fully saturated rings. The SMILES string of the molecule is CCOC(=O)N1CCN(C(=O)Nc2ccc(Br)o2)CC1. The van der Waals surface area contributed by atoms with E-state index in [1.54, 1.807) is 28.9 Å². The Bertz CT molecular complexity index is 483. The molecular weight excluding hydrogens is 330 g/mol. The first-order valence-electron chi connectivity index (χ1n) is 6.33. The molecule has 0 aromatic carbocycles. The number of amides is 3. The number of rotatable bonds is 2. The minimum atomic E-state index is -0.331. The number of urea groups is 1. The van der Waals surface area contributed by atoms with Crippen LogP contribution in [0.25, 0.3) is 0 Å². The van der Waals surface area contributed by atoms with Gasteiger partial charge in [0.15, 0.2) is 4.67 Å². The molecule has 1 aromatic rings. The molecule has 0 unspecified atom stereocenters. The number of hydrogen-bond donors (Lipinski definition) is 1. The van der Waals surface area contributed by atoms with Crippen molar-refractivity contribution in [3.8, 4) is 0 Å². The fraction of sp³-hybridized carbons (Fsp3) is 0.500. The maximum Gasteiger partial charge on any atom is 0.409 e. The van der Waals surface area contributed by atoms with Gasteiger partial charge in [-0.15, -0.1) is 0 Å². The lowest BCUT2D eigenvalue weighted by Gasteiger charge is -2.33. The van der Waals surface area contributed by atoms with Crippen molar-refractivity contribution in [2.45, 2.75) is 6.92 Å². The molecule has 3 amide bonds. The number of anilines is 1. The van der Waals surface area contributed by atoms with Crippen LogP contribution in [0, 0.1) is 0 Å². The highest BCUT2D eigenvalue weighted by atomic mass is 79.9. The van der Waals surface area contributed by atoms with E-state index in [0.717, 1.165) is 0 Å². The molecule has 0 bridgehead atoms. The minimum Gasteiger partial charge on any atom is -0.450 e. The molecule has 1 aliphatic rings. The summed E-state index contributed by atoms with van der Waals surface area (Å²) >= 11 is 3.17. The molecule has 0 radical (unpaired) electrons. The van der Waals surface area contributed by atoms with E-state index in [0.29, 0.717) is 43.3 Å². The first-order valence-corrected chi connectivity index (χ1v) is 7.12. The van der Waals surface area contributed by atoms with Crippen molar-refractivity contribution in [3.63, 3.8) is 0 Å². The molecule has 8 heteroatoms. The molecule has 2 rings (SSSR count). The van der Waals surface area contributed by atoms with Crippen molar-refractivity contribution in [1.82, 2.24) is 9.80 Å². The monoisotopic (exact) mass is 345 g/mol. The van der Waals surface area contributed by atoms with Gasteiger partial charge >= 0.3 is 12.1 Å². The molecule has 1 saturated heterocycles. The second-order valence-corrected chi connectivity index (χ2v) is 4.99. The van der Waals surface area contributed by atoms with Gasteiger partial charge in [-0.05, 0) is 28.9 Å². The fourth-order valence-electron chi connectivity index (χ4n) is 1.87. The van der Waals surface area contributed by atoms with E-state index in [2.05, 4.69) is 21.2 Å². The molecule has 0 atom stereocenters. The third kappa shape index (κ3) is 3.66. The van der Waals surface area contributed by atoms with Crippen LogP contribution in [-0.2, 0) is 4.74 Å². The Balaban J connectivity index is 1.81. The lowest BCUT2D eigenvalue weighted by molar-refractivity contribution is 0.0868. The Morgan fingerprint density at radius 3 is 2.50 bits per heavy atom. The van der Waals surface area contributed by atoms with E-state index in [1.807, 2.05) is 0 Å². The molecule has 1 N–H and O–H groups in total. The molecule has 2 heterocycles. The second-order valence-electron chi connectivity index (χ2n) is 4.21. The van der Waals surface area contributed by atoms with Crippen molar-refractivity contribution in [1.29, 1.82) is 0 Å². The summed E-state index contributed by atoms with van der Waals surface area (Å²) in [4.78, 5) is 26.7. The number of hydrogen-bond acceptors (Lipinski definition) is 4. The van der Waals surface area contributed by atoms with Crippen molar-refractivity contribution < 1.29 is 18.7 Å². The number of furan rings is 1. The van der Waals surface area contributed by atoms with E-state index < -0.39 is 0 Å². The van der Waals surface area contributed by atoms with Crippen LogP contribution in [0.15, 0.2) is 21.2 Å². The van der Waals surface area contributed by atoms with E-state index in [9.17, 15) is 9.59 Å². The predicted molar refractivity (Wildman–Crippen MR) is 75.6 cm³/mol. The summed E-state index contributed by atoms with van der Waals surface area (Å²) in [7, 11) is 0. The molecule has 1 aromatic heterocycles. The van der Waals surface area contributed by atoms with Gasteiger partial charge in [-0.1, -0.05) is 0 Å². The van der Waals surface area contributed by atoms with E-state index in [1.165, 1.54) is 0 Å². The fourth-order valence-corrected chi connectivity index (χ4v) is 2.18. The predicted octanol–water partition coefficient (Wildman–Crippen LogP) is 2.35. The Morgan fingerprint density at radius 1 is 1.30 bits per heavy atom. The molecule has 20 heavy (non-hydrogen) atoms. The number of ether oxygens (including phenoxy) is 1. The van der Waals surface area contributed by atoms with Crippen LogP contribution >= 0.6 is 15.9 Å². The third-order valence-electron chi connectivity index (χ3n) is 2.90. The zero-order valence-corrected chi connectivity index (χ0v) is 12.7. The quantitative estimate of drug-likeness (QED) is 0.892. The summed E-state index contributed by atoms with van der Waals surface area (Å²) in [6, 6.07) is 3.13. The van der Waals surface area contributed by atoms with Crippen LogP contribution in [-0.4, -0.2) is 54.7 Å². The Morgan fingerprint density at radius 2 is 1.95 bits per heavy atom. The first kappa shape index (κ1) is 14.7. The van der Waals surface area contributed by atoms with E-state index >= 15 is 0 Å². The lowest BCUT2D eigenvalue weighted by atomic mass is 10.3. The van der Waals surface area contributed by atoms with Gasteiger partial charge in [0.2, 0.25) is 5.88 Å². The Kier molecular flexibility index (Phi) is 4.89. The zero-order chi connectivity index (χ0) is 14.5. The van der Waals surface area contributed by atoms with E-state index in [4.69, 9.17) is 9.15 Å². The highest BCUT2D eigenvalue weighted by Crippen LogP contribution is 2.18. The molecule has 0 saturated carbocycles. The van der Waals surface area contributed by atoms with Crippen molar-refractivity contribution in [2.75, 3.05) is 38.1 Å². The van der Waals surface area contributed by atoms with Crippen LogP contribution in [0.5, 0.6) is 0 Å². The molecule has 7 nitrogen and oxygen atoms in total. The average Bonchev–Trinajstić information content (AvgIpc) is 2.84. The highest BCUT2D eigenvalue weighted by Gasteiger charge is 2.25. The first-order chi connectivity index (χ1) is 9.60. The minimum absolute atomic E-state index is 0.240. The average molecular weight is 346 g/mol. The number of nitrogens with zero attached hydrogens (tertiary/aromatic N) is 2. The van der Waals surface area contributed by atoms with Gasteiger partial charge in [-0.2, -0.15) is 0 Å². The molecular formula is C12H16BrN3O4. The summed E-state index contributed by atoms with van der Waals surface area (Å²) in [6.07, 6.45) is -0.331. The lowest BCUT2D eigenvalue weighted by Crippen LogP contribution is -2.51. The molecule has 0 spiro atoms. The van der Waals surface area contributed by atoms with Crippen LogP contribution in [0.3, 0.4) is 0 Å². The summed E-state index contributed by atoms with van der Waals surface area (Å²) in [5.74, 6) is 0.384. The summed E-state index contributed by atoms with van der Waals surface area (Å²) in [6.45, 7) is 3.98. The maximum absolute atomic E-state index is 12.0. The highest BCUT2D eigenvalue weighted by molar-refractivity contribution is 9.10. The van der Waals surface area contributed by atoms with Gasteiger partial charge in [0.05, 0.1) is 6.61 Å². The zero-order valence-electron chi connectivity index (χ0n) is 11.1. The van der Waals surface area contributed by atoms with Gasteiger partial charge in [0.1, 0.15) is 0 Å². The molecule has 110 valence electrons. The smallest absolute Gasteiger partial charge is 0.409 e. The van der Waals surface area contributed by atoms with Gasteiger partial charge < -0.3 is 19.0 Å². The van der Waals surface area contributed by atoms with Crippen molar-refractivity contribution >= 4 is 33.9 Å². The topological polar surface area (TPSA) is 75.0 Å². The van der Waals surface area contributed by atoms with Crippen LogP contribution < -0.4 is 5.32 Å². The van der Waals surface area contributed by atoms with Crippen LogP contribution in [0.2, 0.25) is 0 Å². The standard InChI is InChI=1S/C12H16BrN3O4/c1-2-19-12(18)16-7-5-15(6-8-16)11(17)14-10-4-3-9(13)20-10/h3-4H,2,5-8H2,1H3,(H,14,17). The summed E-state index contributed by atoms with van der Waals surface area (Å²) in [5, 5.41) is 2.66. The largest absolute Gasteiger partial charge is 0.450 e. The molecule has 0 aliphatic carbocycles. The Labute approximate surface area is 125 Å². The number of carbonyl (C=O) groups is 2. The number of piperazine rings is 1. The van der Waals surface area contributed by atoms with Gasteiger partial charge in [-0.25, -0.2) is 9.59 Å². The summed E-state index contributed by atoms with van der Waals surface area (Å²) in [5.41, 5.74) is 0. The molecule has 1 aliphatic heterocycles. The number of carbonyl (C=O) groups excluding carboxylic acids is 2.